The van der Waals surface area contributed by atoms with Crippen molar-refractivity contribution in [2.45, 2.75) is 6.61 Å². The summed E-state index contributed by atoms with van der Waals surface area (Å²) in [7, 11) is 0. The molecule has 2 rings (SSSR count). The van der Waals surface area contributed by atoms with Crippen molar-refractivity contribution in [2.75, 3.05) is 0 Å². The second-order valence-corrected chi connectivity index (χ2v) is 5.36. The topological polar surface area (TPSA) is 46.5 Å². The third-order valence-electron chi connectivity index (χ3n) is 2.25. The molecule has 19 heavy (non-hydrogen) atoms. The van der Waals surface area contributed by atoms with Gasteiger partial charge in [0, 0.05) is 20.9 Å². The van der Waals surface area contributed by atoms with Crippen molar-refractivity contribution in [3.63, 3.8) is 0 Å². The van der Waals surface area contributed by atoms with Crippen LogP contribution in [-0.2, 0) is 11.4 Å². The zero-order valence-corrected chi connectivity index (χ0v) is 11.4. The van der Waals surface area contributed by atoms with Crippen LogP contribution in [0.4, 0.5) is 0 Å². The Balaban J connectivity index is 1.95. The molecule has 0 saturated carbocycles. The van der Waals surface area contributed by atoms with Crippen LogP contribution in [0, 0.1) is 0 Å². The molecule has 0 bridgehead atoms. The Kier molecular flexibility index (Phi) is 4.60. The van der Waals surface area contributed by atoms with Gasteiger partial charge >= 0.3 is 5.97 Å². The summed E-state index contributed by atoms with van der Waals surface area (Å²) in [5.74, 6) is -0.242. The van der Waals surface area contributed by atoms with Crippen molar-refractivity contribution in [3.05, 3.63) is 57.3 Å². The predicted octanol–water partition coefficient (Wildman–Crippen LogP) is 4.08. The van der Waals surface area contributed by atoms with Gasteiger partial charge in [-0.3, -0.25) is 0 Å². The molecule has 1 aromatic heterocycles. The maximum Gasteiger partial charge on any atom is 0.328 e. The number of halogens is 1. The summed E-state index contributed by atoms with van der Waals surface area (Å²) in [6.45, 7) is 0.436. The number of hydrogen-bond acceptors (Lipinski definition) is 3. The van der Waals surface area contributed by atoms with Crippen LogP contribution in [0.25, 0.3) is 6.08 Å². The lowest BCUT2D eigenvalue weighted by Gasteiger charge is -2.04. The standard InChI is InChI=1S/C14H11ClO3S/c15-10-2-1-3-11(8-10)18-9-13-5-4-12(19-13)6-7-14(16)17/h1-8H,9H2,(H,16,17). The van der Waals surface area contributed by atoms with Crippen LogP contribution in [-0.4, -0.2) is 11.1 Å². The van der Waals surface area contributed by atoms with Crippen molar-refractivity contribution >= 4 is 35.0 Å². The molecule has 3 nitrogen and oxygen atoms in total. The molecule has 98 valence electrons. The Bertz CT molecular complexity index is 604. The lowest BCUT2D eigenvalue weighted by Crippen LogP contribution is -1.92. The van der Waals surface area contributed by atoms with Crippen molar-refractivity contribution in [1.82, 2.24) is 0 Å². The average Bonchev–Trinajstić information content (AvgIpc) is 2.82. The molecular formula is C14H11ClO3S. The van der Waals surface area contributed by atoms with Crippen LogP contribution < -0.4 is 4.74 Å². The van der Waals surface area contributed by atoms with Crippen molar-refractivity contribution in [2.24, 2.45) is 0 Å². The van der Waals surface area contributed by atoms with E-state index >= 15 is 0 Å². The quantitative estimate of drug-likeness (QED) is 0.845. The van der Waals surface area contributed by atoms with Crippen LogP contribution in [0.2, 0.25) is 5.02 Å². The summed E-state index contributed by atoms with van der Waals surface area (Å²) in [4.78, 5) is 12.3. The first-order valence-electron chi connectivity index (χ1n) is 5.51. The van der Waals surface area contributed by atoms with Gasteiger partial charge in [0.25, 0.3) is 0 Å². The number of ether oxygens (including phenoxy) is 1. The summed E-state index contributed by atoms with van der Waals surface area (Å²) in [6, 6.07) is 11.0. The van der Waals surface area contributed by atoms with Crippen LogP contribution >= 0.6 is 22.9 Å². The van der Waals surface area contributed by atoms with Crippen LogP contribution in [0.3, 0.4) is 0 Å². The van der Waals surface area contributed by atoms with Crippen molar-refractivity contribution in [1.29, 1.82) is 0 Å². The first-order valence-corrected chi connectivity index (χ1v) is 6.71. The highest BCUT2D eigenvalue weighted by Crippen LogP contribution is 2.22. The van der Waals surface area contributed by atoms with Gasteiger partial charge < -0.3 is 9.84 Å². The fourth-order valence-corrected chi connectivity index (χ4v) is 2.44. The normalized spacial score (nSPS) is 10.8. The molecule has 0 fully saturated rings. The summed E-state index contributed by atoms with van der Waals surface area (Å²) in [5.41, 5.74) is 0. The molecule has 1 aromatic carbocycles. The largest absolute Gasteiger partial charge is 0.488 e. The third-order valence-corrected chi connectivity index (χ3v) is 3.51. The lowest BCUT2D eigenvalue weighted by atomic mass is 10.3. The minimum absolute atomic E-state index is 0.436. The summed E-state index contributed by atoms with van der Waals surface area (Å²) in [5, 5.41) is 9.17. The Morgan fingerprint density at radius 1 is 1.37 bits per heavy atom. The van der Waals surface area contributed by atoms with Gasteiger partial charge in [0.1, 0.15) is 12.4 Å². The van der Waals surface area contributed by atoms with E-state index in [0.29, 0.717) is 17.4 Å². The highest BCUT2D eigenvalue weighted by Gasteiger charge is 2.00. The smallest absolute Gasteiger partial charge is 0.328 e. The van der Waals surface area contributed by atoms with Crippen LogP contribution in [0.15, 0.2) is 42.5 Å². The maximum atomic E-state index is 10.4. The number of aliphatic carboxylic acids is 1. The van der Waals surface area contributed by atoms with Gasteiger partial charge in [-0.05, 0) is 36.4 Å². The molecule has 0 amide bonds. The van der Waals surface area contributed by atoms with Gasteiger partial charge in [-0.1, -0.05) is 17.7 Å². The molecule has 0 aliphatic carbocycles. The molecule has 0 saturated heterocycles. The van der Waals surface area contributed by atoms with Gasteiger partial charge in [-0.15, -0.1) is 11.3 Å². The molecule has 0 radical (unpaired) electrons. The van der Waals surface area contributed by atoms with E-state index in [2.05, 4.69) is 0 Å². The second-order valence-electron chi connectivity index (χ2n) is 3.72. The zero-order chi connectivity index (χ0) is 13.7. The van der Waals surface area contributed by atoms with E-state index < -0.39 is 5.97 Å². The minimum atomic E-state index is -0.954. The number of carboxylic acid groups (broad SMARTS) is 1. The van der Waals surface area contributed by atoms with Gasteiger partial charge in [-0.25, -0.2) is 4.79 Å². The van der Waals surface area contributed by atoms with E-state index in [1.807, 2.05) is 24.3 Å². The monoisotopic (exact) mass is 294 g/mol. The maximum absolute atomic E-state index is 10.4. The second kappa shape index (κ2) is 6.41. The molecule has 2 aromatic rings. The summed E-state index contributed by atoms with van der Waals surface area (Å²) in [6.07, 6.45) is 2.68. The lowest BCUT2D eigenvalue weighted by molar-refractivity contribution is -0.131. The Morgan fingerprint density at radius 2 is 2.21 bits per heavy atom. The predicted molar refractivity (Wildman–Crippen MR) is 76.8 cm³/mol. The molecule has 0 aliphatic heterocycles. The first kappa shape index (κ1) is 13.6. The zero-order valence-electron chi connectivity index (χ0n) is 9.88. The van der Waals surface area contributed by atoms with E-state index in [1.165, 1.54) is 11.3 Å². The molecular weight excluding hydrogens is 284 g/mol. The fraction of sp³-hybridized carbons (Fsp3) is 0.0714. The van der Waals surface area contributed by atoms with Crippen LogP contribution in [0.5, 0.6) is 5.75 Å². The van der Waals surface area contributed by atoms with Gasteiger partial charge in [0.05, 0.1) is 0 Å². The first-order chi connectivity index (χ1) is 9.13. The molecule has 1 N–H and O–H groups in total. The van der Waals surface area contributed by atoms with Crippen molar-refractivity contribution < 1.29 is 14.6 Å². The highest BCUT2D eigenvalue weighted by molar-refractivity contribution is 7.12. The van der Waals surface area contributed by atoms with E-state index in [-0.39, 0.29) is 0 Å². The van der Waals surface area contributed by atoms with E-state index in [9.17, 15) is 4.79 Å². The third kappa shape index (κ3) is 4.43. The number of carboxylic acids is 1. The molecule has 5 heteroatoms. The molecule has 1 heterocycles. The van der Waals surface area contributed by atoms with E-state index in [4.69, 9.17) is 21.4 Å². The van der Waals surface area contributed by atoms with E-state index in [1.54, 1.807) is 18.2 Å². The summed E-state index contributed by atoms with van der Waals surface area (Å²) < 4.78 is 5.60. The number of benzene rings is 1. The Hall–Kier alpha value is -1.78. The SMILES string of the molecule is O=C(O)C=Cc1ccc(COc2cccc(Cl)c2)s1. The highest BCUT2D eigenvalue weighted by atomic mass is 35.5. The number of carbonyl (C=O) groups is 1. The Labute approximate surface area is 119 Å². The molecule has 0 spiro atoms. The average molecular weight is 295 g/mol. The number of hydrogen-bond donors (Lipinski definition) is 1. The fourth-order valence-electron chi connectivity index (χ4n) is 1.43. The number of thiophene rings is 1. The number of rotatable bonds is 5. The van der Waals surface area contributed by atoms with Gasteiger partial charge in [0.2, 0.25) is 0 Å². The minimum Gasteiger partial charge on any atom is -0.488 e. The van der Waals surface area contributed by atoms with Crippen LogP contribution in [0.1, 0.15) is 9.75 Å². The van der Waals surface area contributed by atoms with Gasteiger partial charge in [-0.2, -0.15) is 0 Å². The van der Waals surface area contributed by atoms with E-state index in [0.717, 1.165) is 15.8 Å². The molecule has 0 aliphatic rings. The van der Waals surface area contributed by atoms with Gasteiger partial charge in [0.15, 0.2) is 0 Å². The molecule has 0 unspecified atom stereocenters. The Morgan fingerprint density at radius 3 is 2.95 bits per heavy atom. The summed E-state index contributed by atoms with van der Waals surface area (Å²) >= 11 is 7.35. The van der Waals surface area contributed by atoms with Crippen molar-refractivity contribution in [3.8, 4) is 5.75 Å². The molecule has 0 atom stereocenters.